The van der Waals surface area contributed by atoms with Crippen molar-refractivity contribution in [1.29, 1.82) is 0 Å². The Balaban J connectivity index is 1.57. The standard InChI is InChI=1S/C18H25N3O/c1-13(2)20-18(22)21-9-7-14(8-10-21)11-15-12-19-17-6-4-3-5-16(15)17/h3-6,12-14,19H,7-11H2,1-2H3,(H,20,22). The zero-order valence-corrected chi connectivity index (χ0v) is 13.4. The van der Waals surface area contributed by atoms with E-state index in [0.717, 1.165) is 32.4 Å². The van der Waals surface area contributed by atoms with Crippen LogP contribution in [0.3, 0.4) is 0 Å². The quantitative estimate of drug-likeness (QED) is 0.894. The van der Waals surface area contributed by atoms with Crippen LogP contribution in [0, 0.1) is 5.92 Å². The minimum atomic E-state index is 0.0838. The first-order valence-electron chi connectivity index (χ1n) is 8.24. The number of nitrogens with one attached hydrogen (secondary N) is 2. The van der Waals surface area contributed by atoms with Crippen LogP contribution in [0.25, 0.3) is 10.9 Å². The lowest BCUT2D eigenvalue weighted by Crippen LogP contribution is -2.46. The molecular formula is C18H25N3O. The molecule has 2 aromatic rings. The van der Waals surface area contributed by atoms with Crippen LogP contribution >= 0.6 is 0 Å². The maximum absolute atomic E-state index is 12.0. The van der Waals surface area contributed by atoms with Crippen LogP contribution in [0.1, 0.15) is 32.3 Å². The number of rotatable bonds is 3. The van der Waals surface area contributed by atoms with E-state index in [1.165, 1.54) is 16.5 Å². The van der Waals surface area contributed by atoms with Crippen LogP contribution in [0.15, 0.2) is 30.5 Å². The Bertz CT molecular complexity index is 639. The van der Waals surface area contributed by atoms with Crippen molar-refractivity contribution in [3.8, 4) is 0 Å². The number of nitrogens with zero attached hydrogens (tertiary/aromatic N) is 1. The van der Waals surface area contributed by atoms with Crippen molar-refractivity contribution in [2.45, 2.75) is 39.2 Å². The summed E-state index contributed by atoms with van der Waals surface area (Å²) in [6, 6.07) is 8.76. The van der Waals surface area contributed by atoms with Gasteiger partial charge in [0.25, 0.3) is 0 Å². The van der Waals surface area contributed by atoms with E-state index in [-0.39, 0.29) is 12.1 Å². The van der Waals surface area contributed by atoms with Crippen LogP contribution in [-0.2, 0) is 6.42 Å². The summed E-state index contributed by atoms with van der Waals surface area (Å²) in [5.74, 6) is 0.669. The Labute approximate surface area is 131 Å². The van der Waals surface area contributed by atoms with E-state index < -0.39 is 0 Å². The molecule has 4 nitrogen and oxygen atoms in total. The van der Waals surface area contributed by atoms with Gasteiger partial charge < -0.3 is 15.2 Å². The molecule has 2 amide bonds. The van der Waals surface area contributed by atoms with Crippen LogP contribution in [0.4, 0.5) is 4.79 Å². The summed E-state index contributed by atoms with van der Waals surface area (Å²) in [5.41, 5.74) is 2.62. The van der Waals surface area contributed by atoms with Gasteiger partial charge in [0.1, 0.15) is 0 Å². The van der Waals surface area contributed by atoms with Crippen molar-refractivity contribution in [2.75, 3.05) is 13.1 Å². The lowest BCUT2D eigenvalue weighted by atomic mass is 9.90. The second-order valence-corrected chi connectivity index (χ2v) is 6.60. The molecule has 2 heterocycles. The summed E-state index contributed by atoms with van der Waals surface area (Å²) < 4.78 is 0. The first-order chi connectivity index (χ1) is 10.6. The topological polar surface area (TPSA) is 48.1 Å². The summed E-state index contributed by atoms with van der Waals surface area (Å²) in [4.78, 5) is 17.3. The fraction of sp³-hybridized carbons (Fsp3) is 0.500. The monoisotopic (exact) mass is 299 g/mol. The number of carbonyl (C=O) groups excluding carboxylic acids is 1. The van der Waals surface area contributed by atoms with E-state index in [9.17, 15) is 4.79 Å². The Morgan fingerprint density at radius 2 is 2.05 bits per heavy atom. The van der Waals surface area contributed by atoms with E-state index in [4.69, 9.17) is 0 Å². The highest BCUT2D eigenvalue weighted by molar-refractivity contribution is 5.83. The molecule has 2 N–H and O–H groups in total. The number of aromatic nitrogens is 1. The molecule has 0 bridgehead atoms. The molecular weight excluding hydrogens is 274 g/mol. The molecule has 1 saturated heterocycles. The minimum Gasteiger partial charge on any atom is -0.361 e. The van der Waals surface area contributed by atoms with E-state index in [1.807, 2.05) is 18.7 Å². The van der Waals surface area contributed by atoms with Crippen molar-refractivity contribution < 1.29 is 4.79 Å². The molecule has 1 aromatic heterocycles. The highest BCUT2D eigenvalue weighted by Gasteiger charge is 2.23. The smallest absolute Gasteiger partial charge is 0.317 e. The van der Waals surface area contributed by atoms with Crippen LogP contribution < -0.4 is 5.32 Å². The molecule has 1 aromatic carbocycles. The number of likely N-dealkylation sites (tertiary alicyclic amines) is 1. The number of amides is 2. The number of hydrogen-bond acceptors (Lipinski definition) is 1. The summed E-state index contributed by atoms with van der Waals surface area (Å²) in [7, 11) is 0. The van der Waals surface area contributed by atoms with E-state index >= 15 is 0 Å². The summed E-state index contributed by atoms with van der Waals surface area (Å²) in [5, 5.41) is 4.31. The lowest BCUT2D eigenvalue weighted by Gasteiger charge is -2.32. The molecule has 4 heteroatoms. The average Bonchev–Trinajstić information content (AvgIpc) is 2.91. The maximum Gasteiger partial charge on any atom is 0.317 e. The van der Waals surface area contributed by atoms with Crippen LogP contribution in [0.2, 0.25) is 0 Å². The number of fused-ring (bicyclic) bond motifs is 1. The number of urea groups is 1. The second kappa shape index (κ2) is 6.42. The van der Waals surface area contributed by atoms with Crippen molar-refractivity contribution in [3.05, 3.63) is 36.0 Å². The van der Waals surface area contributed by atoms with Gasteiger partial charge in [-0.05, 0) is 50.7 Å². The molecule has 0 radical (unpaired) electrons. The number of piperidine rings is 1. The van der Waals surface area contributed by atoms with Gasteiger partial charge in [-0.15, -0.1) is 0 Å². The SMILES string of the molecule is CC(C)NC(=O)N1CCC(Cc2c[nH]c3ccccc23)CC1. The fourth-order valence-electron chi connectivity index (χ4n) is 3.29. The highest BCUT2D eigenvalue weighted by Crippen LogP contribution is 2.26. The van der Waals surface area contributed by atoms with Gasteiger partial charge in [0, 0.05) is 36.2 Å². The third kappa shape index (κ3) is 3.26. The van der Waals surface area contributed by atoms with Gasteiger partial charge in [0.05, 0.1) is 0 Å². The number of carbonyl (C=O) groups is 1. The first kappa shape index (κ1) is 14.9. The van der Waals surface area contributed by atoms with Gasteiger partial charge in [-0.2, -0.15) is 0 Å². The molecule has 3 rings (SSSR count). The molecule has 118 valence electrons. The second-order valence-electron chi connectivity index (χ2n) is 6.60. The number of aromatic amines is 1. The predicted molar refractivity (Wildman–Crippen MR) is 90.0 cm³/mol. The third-order valence-electron chi connectivity index (χ3n) is 4.50. The number of H-pyrrole nitrogens is 1. The molecule has 22 heavy (non-hydrogen) atoms. The molecule has 0 atom stereocenters. The Morgan fingerprint density at radius 3 is 2.77 bits per heavy atom. The van der Waals surface area contributed by atoms with Gasteiger partial charge in [-0.3, -0.25) is 0 Å². The van der Waals surface area contributed by atoms with E-state index in [2.05, 4.69) is 40.8 Å². The maximum atomic E-state index is 12.0. The summed E-state index contributed by atoms with van der Waals surface area (Å²) in [6.07, 6.45) is 5.42. The molecule has 0 saturated carbocycles. The Morgan fingerprint density at radius 1 is 1.32 bits per heavy atom. The van der Waals surface area contributed by atoms with Gasteiger partial charge in [0.15, 0.2) is 0 Å². The highest BCUT2D eigenvalue weighted by atomic mass is 16.2. The van der Waals surface area contributed by atoms with Crippen LogP contribution in [0.5, 0.6) is 0 Å². The molecule has 1 aliphatic rings. The zero-order valence-electron chi connectivity index (χ0n) is 13.4. The molecule has 0 spiro atoms. The Hall–Kier alpha value is -1.97. The summed E-state index contributed by atoms with van der Waals surface area (Å²) >= 11 is 0. The first-order valence-corrected chi connectivity index (χ1v) is 8.24. The van der Waals surface area contributed by atoms with Gasteiger partial charge in [-0.1, -0.05) is 18.2 Å². The molecule has 1 aliphatic heterocycles. The van der Waals surface area contributed by atoms with E-state index in [0.29, 0.717) is 5.92 Å². The largest absolute Gasteiger partial charge is 0.361 e. The lowest BCUT2D eigenvalue weighted by molar-refractivity contribution is 0.168. The predicted octanol–water partition coefficient (Wildman–Crippen LogP) is 3.54. The van der Waals surface area contributed by atoms with Crippen molar-refractivity contribution in [3.63, 3.8) is 0 Å². The minimum absolute atomic E-state index is 0.0838. The summed E-state index contributed by atoms with van der Waals surface area (Å²) in [6.45, 7) is 5.74. The molecule has 1 fully saturated rings. The van der Waals surface area contributed by atoms with Crippen molar-refractivity contribution >= 4 is 16.9 Å². The van der Waals surface area contributed by atoms with Crippen molar-refractivity contribution in [2.24, 2.45) is 5.92 Å². The van der Waals surface area contributed by atoms with Crippen molar-refractivity contribution in [1.82, 2.24) is 15.2 Å². The van der Waals surface area contributed by atoms with E-state index in [1.54, 1.807) is 0 Å². The number of hydrogen-bond donors (Lipinski definition) is 2. The fourth-order valence-corrected chi connectivity index (χ4v) is 3.29. The van der Waals surface area contributed by atoms with Gasteiger partial charge in [0.2, 0.25) is 0 Å². The van der Waals surface area contributed by atoms with Crippen LogP contribution in [-0.4, -0.2) is 35.0 Å². The zero-order chi connectivity index (χ0) is 15.5. The number of benzene rings is 1. The van der Waals surface area contributed by atoms with Gasteiger partial charge in [-0.25, -0.2) is 4.79 Å². The van der Waals surface area contributed by atoms with Gasteiger partial charge >= 0.3 is 6.03 Å². The molecule has 0 aliphatic carbocycles. The third-order valence-corrected chi connectivity index (χ3v) is 4.50. The normalized spacial score (nSPS) is 16.4. The Kier molecular flexibility index (Phi) is 4.36. The average molecular weight is 299 g/mol. The molecule has 0 unspecified atom stereocenters. The number of para-hydroxylation sites is 1.